The smallest absolute Gasteiger partial charge is 0.407 e. The van der Waals surface area contributed by atoms with Crippen LogP contribution in [0.25, 0.3) is 11.1 Å². The van der Waals surface area contributed by atoms with Crippen molar-refractivity contribution in [3.63, 3.8) is 0 Å². The fourth-order valence-corrected chi connectivity index (χ4v) is 5.20. The first-order valence-corrected chi connectivity index (χ1v) is 12.5. The maximum atomic E-state index is 12.5. The Kier molecular flexibility index (Phi) is 8.08. The minimum absolute atomic E-state index is 0.0115. The Morgan fingerprint density at radius 2 is 1.76 bits per heavy atom. The van der Waals surface area contributed by atoms with Gasteiger partial charge in [-0.1, -0.05) is 48.5 Å². The summed E-state index contributed by atoms with van der Waals surface area (Å²) in [7, 11) is 0. The van der Waals surface area contributed by atoms with Crippen LogP contribution in [0, 0.1) is 0 Å². The Bertz CT molecular complexity index is 1000. The van der Waals surface area contributed by atoms with Crippen molar-refractivity contribution in [1.29, 1.82) is 0 Å². The molecule has 1 saturated heterocycles. The molecule has 2 amide bonds. The van der Waals surface area contributed by atoms with Crippen LogP contribution in [-0.2, 0) is 19.1 Å². The minimum atomic E-state index is -0.951. The van der Waals surface area contributed by atoms with E-state index in [1.54, 1.807) is 4.90 Å². The van der Waals surface area contributed by atoms with E-state index >= 15 is 0 Å². The van der Waals surface area contributed by atoms with Crippen LogP contribution in [0.3, 0.4) is 0 Å². The Labute approximate surface area is 202 Å². The number of carbonyl (C=O) groups excluding carboxylic acids is 2. The Morgan fingerprint density at radius 3 is 2.44 bits per heavy atom. The molecule has 0 saturated carbocycles. The van der Waals surface area contributed by atoms with Gasteiger partial charge < -0.3 is 24.8 Å². The number of ether oxygens (including phenoxy) is 2. The monoisotopic (exact) mass is 484 g/mol. The number of rotatable bonds is 9. The van der Waals surface area contributed by atoms with Crippen LogP contribution in [-0.4, -0.2) is 78.4 Å². The second-order valence-electron chi connectivity index (χ2n) is 8.22. The van der Waals surface area contributed by atoms with Crippen molar-refractivity contribution in [3.8, 4) is 11.1 Å². The van der Waals surface area contributed by atoms with Crippen LogP contribution in [0.5, 0.6) is 0 Å². The zero-order valence-electron chi connectivity index (χ0n) is 18.8. The number of benzene rings is 2. The fraction of sp³-hybridized carbons (Fsp3) is 0.400. The summed E-state index contributed by atoms with van der Waals surface area (Å²) in [4.78, 5) is 37.3. The second-order valence-corrected chi connectivity index (χ2v) is 9.32. The SMILES string of the molecule is O=C(O)CC1COCCN1C(=O)CSCCNC(=O)OCC1c2ccccc2-c2ccccc21. The summed E-state index contributed by atoms with van der Waals surface area (Å²) in [6, 6.07) is 15.9. The van der Waals surface area contributed by atoms with Crippen LogP contribution in [0.1, 0.15) is 23.5 Å². The van der Waals surface area contributed by atoms with E-state index in [4.69, 9.17) is 14.6 Å². The molecule has 1 aliphatic heterocycles. The molecule has 2 aromatic rings. The molecule has 0 aromatic heterocycles. The van der Waals surface area contributed by atoms with Crippen molar-refractivity contribution >= 4 is 29.7 Å². The average molecular weight is 485 g/mol. The maximum absolute atomic E-state index is 12.5. The third-order valence-electron chi connectivity index (χ3n) is 6.04. The predicted octanol–water partition coefficient (Wildman–Crippen LogP) is 2.96. The number of hydrogen-bond donors (Lipinski definition) is 2. The fourth-order valence-electron chi connectivity index (χ4n) is 4.47. The van der Waals surface area contributed by atoms with E-state index in [9.17, 15) is 14.4 Å². The standard InChI is InChI=1S/C25H28N2O6S/c28-23(27-10-11-32-14-17(27)13-24(29)30)16-34-12-9-26-25(31)33-15-22-20-7-3-1-5-18(20)19-6-2-4-8-21(19)22/h1-8,17,22H,9-16H2,(H,26,31)(H,29,30). The lowest BCUT2D eigenvalue weighted by Gasteiger charge is -2.34. The van der Waals surface area contributed by atoms with Gasteiger partial charge in [0.15, 0.2) is 0 Å². The number of aliphatic carboxylic acids is 1. The van der Waals surface area contributed by atoms with Crippen molar-refractivity contribution in [2.45, 2.75) is 18.4 Å². The molecule has 1 fully saturated rings. The first kappa shape index (κ1) is 24.1. The summed E-state index contributed by atoms with van der Waals surface area (Å²) in [6.07, 6.45) is -0.608. The van der Waals surface area contributed by atoms with Crippen molar-refractivity contribution < 1.29 is 29.0 Å². The largest absolute Gasteiger partial charge is 0.481 e. The molecule has 2 aromatic carbocycles. The number of fused-ring (bicyclic) bond motifs is 3. The summed E-state index contributed by atoms with van der Waals surface area (Å²) in [5.41, 5.74) is 4.68. The molecule has 1 heterocycles. The van der Waals surface area contributed by atoms with Crippen molar-refractivity contribution in [2.75, 3.05) is 44.4 Å². The first-order chi connectivity index (χ1) is 16.5. The lowest BCUT2D eigenvalue weighted by Crippen LogP contribution is -2.50. The summed E-state index contributed by atoms with van der Waals surface area (Å²) >= 11 is 1.39. The van der Waals surface area contributed by atoms with Crippen LogP contribution in [0.4, 0.5) is 4.79 Å². The molecule has 34 heavy (non-hydrogen) atoms. The Hall–Kier alpha value is -3.04. The van der Waals surface area contributed by atoms with Gasteiger partial charge in [-0.15, -0.1) is 0 Å². The zero-order valence-corrected chi connectivity index (χ0v) is 19.6. The number of carbonyl (C=O) groups is 3. The van der Waals surface area contributed by atoms with Crippen molar-refractivity contribution in [1.82, 2.24) is 10.2 Å². The first-order valence-electron chi connectivity index (χ1n) is 11.3. The quantitative estimate of drug-likeness (QED) is 0.527. The number of alkyl carbamates (subject to hydrolysis) is 1. The third kappa shape index (κ3) is 5.71. The zero-order chi connectivity index (χ0) is 23.9. The van der Waals surface area contributed by atoms with E-state index in [-0.39, 0.29) is 37.2 Å². The van der Waals surface area contributed by atoms with Crippen molar-refractivity contribution in [3.05, 3.63) is 59.7 Å². The predicted molar refractivity (Wildman–Crippen MR) is 129 cm³/mol. The molecule has 0 radical (unpaired) electrons. The minimum Gasteiger partial charge on any atom is -0.481 e. The number of amides is 2. The van der Waals surface area contributed by atoms with E-state index in [0.717, 1.165) is 11.1 Å². The number of hydrogen-bond acceptors (Lipinski definition) is 6. The number of carboxylic acids is 1. The molecule has 2 N–H and O–H groups in total. The number of nitrogens with zero attached hydrogens (tertiary/aromatic N) is 1. The van der Waals surface area contributed by atoms with Gasteiger partial charge in [0, 0.05) is 24.8 Å². The van der Waals surface area contributed by atoms with Crippen LogP contribution < -0.4 is 5.32 Å². The van der Waals surface area contributed by atoms with Gasteiger partial charge in [-0.05, 0) is 22.3 Å². The van der Waals surface area contributed by atoms with Gasteiger partial charge in [0.25, 0.3) is 0 Å². The molecule has 0 spiro atoms. The van der Waals surface area contributed by atoms with Crippen LogP contribution in [0.2, 0.25) is 0 Å². The second kappa shape index (κ2) is 11.4. The average Bonchev–Trinajstić information content (AvgIpc) is 3.16. The third-order valence-corrected chi connectivity index (χ3v) is 6.99. The molecular weight excluding hydrogens is 456 g/mol. The number of carboxylic acid groups (broad SMARTS) is 1. The number of morpholine rings is 1. The highest BCUT2D eigenvalue weighted by Crippen LogP contribution is 2.44. The van der Waals surface area contributed by atoms with Crippen LogP contribution >= 0.6 is 11.8 Å². The lowest BCUT2D eigenvalue weighted by molar-refractivity contribution is -0.144. The van der Waals surface area contributed by atoms with E-state index in [1.807, 2.05) is 24.3 Å². The molecule has 9 heteroatoms. The summed E-state index contributed by atoms with van der Waals surface area (Å²) < 4.78 is 10.8. The number of nitrogens with one attached hydrogen (secondary N) is 1. The van der Waals surface area contributed by atoms with E-state index in [1.165, 1.54) is 22.9 Å². The van der Waals surface area contributed by atoms with Gasteiger partial charge in [-0.2, -0.15) is 11.8 Å². The molecule has 8 nitrogen and oxygen atoms in total. The van der Waals surface area contributed by atoms with E-state index in [0.29, 0.717) is 25.4 Å². The molecule has 1 unspecified atom stereocenters. The molecule has 180 valence electrons. The molecule has 1 aliphatic carbocycles. The molecule has 1 atom stereocenters. The summed E-state index contributed by atoms with van der Waals surface area (Å²) in [5, 5.41) is 11.8. The highest BCUT2D eigenvalue weighted by Gasteiger charge is 2.30. The molecule has 2 aliphatic rings. The highest BCUT2D eigenvalue weighted by molar-refractivity contribution is 7.99. The van der Waals surface area contributed by atoms with Crippen molar-refractivity contribution in [2.24, 2.45) is 0 Å². The van der Waals surface area contributed by atoms with Gasteiger partial charge in [0.05, 0.1) is 31.4 Å². The summed E-state index contributed by atoms with van der Waals surface area (Å²) in [6.45, 7) is 1.68. The van der Waals surface area contributed by atoms with E-state index < -0.39 is 18.1 Å². The van der Waals surface area contributed by atoms with Gasteiger partial charge in [0.1, 0.15) is 6.61 Å². The van der Waals surface area contributed by atoms with Gasteiger partial charge >= 0.3 is 12.1 Å². The Morgan fingerprint density at radius 1 is 1.09 bits per heavy atom. The van der Waals surface area contributed by atoms with Gasteiger partial charge in [0.2, 0.25) is 5.91 Å². The maximum Gasteiger partial charge on any atom is 0.407 e. The van der Waals surface area contributed by atoms with Crippen LogP contribution in [0.15, 0.2) is 48.5 Å². The Balaban J connectivity index is 1.18. The topological polar surface area (TPSA) is 105 Å². The number of thioether (sulfide) groups is 1. The molecular formula is C25H28N2O6S. The summed E-state index contributed by atoms with van der Waals surface area (Å²) in [5.74, 6) is -0.279. The molecule has 4 rings (SSSR count). The highest BCUT2D eigenvalue weighted by atomic mass is 32.2. The van der Waals surface area contributed by atoms with Gasteiger partial charge in [-0.3, -0.25) is 9.59 Å². The normalized spacial score (nSPS) is 17.1. The van der Waals surface area contributed by atoms with Gasteiger partial charge in [-0.25, -0.2) is 4.79 Å². The molecule has 0 bridgehead atoms. The lowest BCUT2D eigenvalue weighted by atomic mass is 9.98. The van der Waals surface area contributed by atoms with E-state index in [2.05, 4.69) is 29.6 Å².